The molecule has 0 heterocycles. The van der Waals surface area contributed by atoms with E-state index in [9.17, 15) is 14.7 Å². The van der Waals surface area contributed by atoms with Gasteiger partial charge in [0.2, 0.25) is 0 Å². The summed E-state index contributed by atoms with van der Waals surface area (Å²) < 4.78 is 12.2. The van der Waals surface area contributed by atoms with Crippen LogP contribution < -0.4 is 10.4 Å². The lowest BCUT2D eigenvalue weighted by Crippen LogP contribution is -2.66. The molecule has 0 aliphatic rings. The normalized spacial score (nSPS) is 13.3. The molecule has 0 aromatic heterocycles. The van der Waals surface area contributed by atoms with Gasteiger partial charge in [0, 0.05) is 13.7 Å². The zero-order valence-corrected chi connectivity index (χ0v) is 22.5. The maximum absolute atomic E-state index is 12.4. The Morgan fingerprint density at radius 1 is 0.912 bits per heavy atom. The maximum atomic E-state index is 12.4. The third kappa shape index (κ3) is 6.70. The molecule has 34 heavy (non-hydrogen) atoms. The van der Waals surface area contributed by atoms with Crippen LogP contribution in [0.25, 0.3) is 0 Å². The van der Waals surface area contributed by atoms with Crippen LogP contribution in [0.3, 0.4) is 0 Å². The Kier molecular flexibility index (Phi) is 9.08. The van der Waals surface area contributed by atoms with Crippen molar-refractivity contribution in [1.82, 2.24) is 4.90 Å². The Labute approximate surface area is 205 Å². The van der Waals surface area contributed by atoms with E-state index in [-0.39, 0.29) is 11.5 Å². The van der Waals surface area contributed by atoms with Gasteiger partial charge >= 0.3 is 12.1 Å². The topological polar surface area (TPSA) is 76.1 Å². The first-order valence-electron chi connectivity index (χ1n) is 11.7. The largest absolute Gasteiger partial charge is 0.480 e. The molecule has 1 N–H and O–H groups in total. The third-order valence-electron chi connectivity index (χ3n) is 5.79. The molecule has 0 radical (unpaired) electrons. The molecule has 0 unspecified atom stereocenters. The van der Waals surface area contributed by atoms with Gasteiger partial charge in [-0.25, -0.2) is 9.59 Å². The van der Waals surface area contributed by atoms with Gasteiger partial charge in [0.15, 0.2) is 0 Å². The number of hydrogen-bond donors (Lipinski definition) is 1. The number of amides is 1. The fourth-order valence-electron chi connectivity index (χ4n) is 4.21. The Morgan fingerprint density at radius 2 is 1.38 bits per heavy atom. The second-order valence-corrected chi connectivity index (χ2v) is 14.9. The van der Waals surface area contributed by atoms with E-state index in [1.165, 1.54) is 17.4 Å². The number of hydrogen-bond acceptors (Lipinski definition) is 4. The highest BCUT2D eigenvalue weighted by Gasteiger charge is 2.50. The number of carboxylic acids is 1. The molecule has 0 aliphatic carbocycles. The van der Waals surface area contributed by atoms with Crippen LogP contribution in [0.2, 0.25) is 5.04 Å². The summed E-state index contributed by atoms with van der Waals surface area (Å²) in [5.74, 6) is -1.06. The van der Waals surface area contributed by atoms with Crippen LogP contribution in [0, 0.1) is 0 Å². The SMILES string of the molecule is CN(C(=O)OC(C)(C)C)[C@H](CCCO[Si](c1ccccc1)(c1ccccc1)C(C)(C)C)C(=O)O. The summed E-state index contributed by atoms with van der Waals surface area (Å²) in [6, 6.07) is 19.6. The molecule has 0 saturated heterocycles. The van der Waals surface area contributed by atoms with Crippen LogP contribution in [0.15, 0.2) is 60.7 Å². The predicted octanol–water partition coefficient (Wildman–Crippen LogP) is 4.66. The summed E-state index contributed by atoms with van der Waals surface area (Å²) in [6.07, 6.45) is 0.116. The van der Waals surface area contributed by atoms with E-state index in [1.54, 1.807) is 20.8 Å². The van der Waals surface area contributed by atoms with E-state index in [0.29, 0.717) is 13.0 Å². The van der Waals surface area contributed by atoms with Gasteiger partial charge in [0.1, 0.15) is 11.6 Å². The number of carbonyl (C=O) groups excluding carboxylic acids is 1. The molecule has 0 fully saturated rings. The van der Waals surface area contributed by atoms with Gasteiger partial charge in [-0.15, -0.1) is 0 Å². The van der Waals surface area contributed by atoms with E-state index < -0.39 is 32.0 Å². The van der Waals surface area contributed by atoms with Crippen molar-refractivity contribution in [2.75, 3.05) is 13.7 Å². The fourth-order valence-corrected chi connectivity index (χ4v) is 8.81. The van der Waals surface area contributed by atoms with Crippen LogP contribution in [0.4, 0.5) is 4.79 Å². The zero-order chi connectivity index (χ0) is 25.6. The molecule has 2 rings (SSSR count). The summed E-state index contributed by atoms with van der Waals surface area (Å²) >= 11 is 0. The molecule has 0 saturated carbocycles. The molecule has 6 nitrogen and oxygen atoms in total. The molecule has 2 aromatic rings. The average Bonchev–Trinajstić information content (AvgIpc) is 2.75. The molecule has 0 aliphatic heterocycles. The minimum absolute atomic E-state index is 0.158. The minimum Gasteiger partial charge on any atom is -0.480 e. The van der Waals surface area contributed by atoms with E-state index in [4.69, 9.17) is 9.16 Å². The lowest BCUT2D eigenvalue weighted by molar-refractivity contribution is -0.143. The van der Waals surface area contributed by atoms with Crippen LogP contribution >= 0.6 is 0 Å². The van der Waals surface area contributed by atoms with Crippen LogP contribution in [0.5, 0.6) is 0 Å². The summed E-state index contributed by atoms with van der Waals surface area (Å²) in [7, 11) is -1.21. The molecule has 186 valence electrons. The summed E-state index contributed by atoms with van der Waals surface area (Å²) in [5.41, 5.74) is -0.694. The number of benzene rings is 2. The molecular weight excluding hydrogens is 446 g/mol. The fraction of sp³-hybridized carbons (Fsp3) is 0.481. The van der Waals surface area contributed by atoms with E-state index >= 15 is 0 Å². The smallest absolute Gasteiger partial charge is 0.410 e. The van der Waals surface area contributed by atoms with Crippen LogP contribution in [-0.2, 0) is 14.0 Å². The number of aliphatic carboxylic acids is 1. The Balaban J connectivity index is 2.24. The van der Waals surface area contributed by atoms with E-state index in [1.807, 2.05) is 36.4 Å². The van der Waals surface area contributed by atoms with Gasteiger partial charge in [-0.05, 0) is 49.0 Å². The molecule has 2 aromatic carbocycles. The monoisotopic (exact) mass is 485 g/mol. The van der Waals surface area contributed by atoms with Gasteiger partial charge in [0.05, 0.1) is 0 Å². The highest BCUT2D eigenvalue weighted by molar-refractivity contribution is 6.99. The van der Waals surface area contributed by atoms with Crippen molar-refractivity contribution >= 4 is 30.8 Å². The van der Waals surface area contributed by atoms with Crippen molar-refractivity contribution in [3.63, 3.8) is 0 Å². The molecule has 0 bridgehead atoms. The third-order valence-corrected chi connectivity index (χ3v) is 10.8. The first kappa shape index (κ1) is 27.6. The van der Waals surface area contributed by atoms with Gasteiger partial charge in [-0.2, -0.15) is 0 Å². The number of ether oxygens (including phenoxy) is 1. The minimum atomic E-state index is -2.68. The van der Waals surface area contributed by atoms with E-state index in [2.05, 4.69) is 45.0 Å². The lowest BCUT2D eigenvalue weighted by atomic mass is 10.1. The van der Waals surface area contributed by atoms with E-state index in [0.717, 1.165) is 4.90 Å². The number of rotatable bonds is 9. The highest BCUT2D eigenvalue weighted by Crippen LogP contribution is 2.36. The molecule has 0 spiro atoms. The Morgan fingerprint density at radius 3 is 1.76 bits per heavy atom. The van der Waals surface area contributed by atoms with Crippen molar-refractivity contribution < 1.29 is 23.9 Å². The second-order valence-electron chi connectivity index (χ2n) is 10.6. The van der Waals surface area contributed by atoms with Gasteiger partial charge < -0.3 is 14.3 Å². The van der Waals surface area contributed by atoms with Gasteiger partial charge in [-0.3, -0.25) is 4.90 Å². The zero-order valence-electron chi connectivity index (χ0n) is 21.5. The summed E-state index contributed by atoms with van der Waals surface area (Å²) in [5, 5.41) is 11.9. The highest BCUT2D eigenvalue weighted by atomic mass is 28.4. The van der Waals surface area contributed by atoms with Crippen molar-refractivity contribution in [3.05, 3.63) is 60.7 Å². The average molecular weight is 486 g/mol. The lowest BCUT2D eigenvalue weighted by Gasteiger charge is -2.43. The number of carboxylic acid groups (broad SMARTS) is 1. The molecule has 1 amide bonds. The quantitative estimate of drug-likeness (QED) is 0.413. The molecular formula is C27H39NO5Si. The van der Waals surface area contributed by atoms with Crippen molar-refractivity contribution in [3.8, 4) is 0 Å². The van der Waals surface area contributed by atoms with Crippen LogP contribution in [0.1, 0.15) is 54.4 Å². The summed E-state index contributed by atoms with van der Waals surface area (Å²) in [4.78, 5) is 25.5. The van der Waals surface area contributed by atoms with Crippen molar-refractivity contribution in [1.29, 1.82) is 0 Å². The Bertz CT molecular complexity index is 895. The number of carbonyl (C=O) groups is 2. The first-order valence-corrected chi connectivity index (χ1v) is 13.6. The van der Waals surface area contributed by atoms with Crippen LogP contribution in [-0.4, -0.2) is 55.7 Å². The summed E-state index contributed by atoms with van der Waals surface area (Å²) in [6.45, 7) is 12.3. The van der Waals surface area contributed by atoms with Crippen molar-refractivity contribution in [2.45, 2.75) is 71.1 Å². The molecule has 7 heteroatoms. The van der Waals surface area contributed by atoms with Gasteiger partial charge in [0.25, 0.3) is 8.32 Å². The molecule has 1 atom stereocenters. The second kappa shape index (κ2) is 11.2. The van der Waals surface area contributed by atoms with Crippen molar-refractivity contribution in [2.24, 2.45) is 0 Å². The first-order chi connectivity index (χ1) is 15.8. The maximum Gasteiger partial charge on any atom is 0.410 e. The number of likely N-dealkylation sites (N-methyl/N-ethyl adjacent to an activating group) is 1. The Hall–Kier alpha value is -2.64. The van der Waals surface area contributed by atoms with Gasteiger partial charge in [-0.1, -0.05) is 81.4 Å². The predicted molar refractivity (Wildman–Crippen MR) is 138 cm³/mol. The number of nitrogens with zero attached hydrogens (tertiary/aromatic N) is 1. The standard InChI is InChI=1S/C27H39NO5Si/c1-26(2,3)33-25(31)28(7)23(24(29)30)19-14-20-32-34(27(4,5)6,21-15-10-8-11-16-21)22-17-12-9-13-18-22/h8-13,15-18,23H,14,19-20H2,1-7H3,(H,29,30)/t23-/m1/s1.